The molecule has 5 heteroatoms. The summed E-state index contributed by atoms with van der Waals surface area (Å²) in [6.07, 6.45) is 7.13. The lowest BCUT2D eigenvalue weighted by Gasteiger charge is -2.04. The molecule has 20 heavy (non-hydrogen) atoms. The maximum Gasteiger partial charge on any atom is 0.269 e. The molecule has 2 fully saturated rings. The van der Waals surface area contributed by atoms with Crippen LogP contribution in [0.15, 0.2) is 24.3 Å². The highest BCUT2D eigenvalue weighted by atomic mass is 16.6. The quantitative estimate of drug-likeness (QED) is 0.473. The van der Waals surface area contributed by atoms with Crippen LogP contribution in [0.3, 0.4) is 0 Å². The van der Waals surface area contributed by atoms with Crippen LogP contribution in [0.25, 0.3) is 0 Å². The van der Waals surface area contributed by atoms with Gasteiger partial charge in [-0.25, -0.2) is 0 Å². The number of carbonyl (C=O) groups excluding carboxylic acids is 1. The topological polar surface area (TPSA) is 63.2 Å². The third-order valence-electron chi connectivity index (χ3n) is 4.38. The van der Waals surface area contributed by atoms with Crippen LogP contribution in [-0.4, -0.2) is 27.8 Å². The Kier molecular flexibility index (Phi) is 3.42. The largest absolute Gasteiger partial charge is 0.329 e. The maximum atomic E-state index is 12.4. The summed E-state index contributed by atoms with van der Waals surface area (Å²) in [6, 6.07) is 6.73. The van der Waals surface area contributed by atoms with Crippen molar-refractivity contribution in [3.8, 4) is 0 Å². The van der Waals surface area contributed by atoms with Crippen LogP contribution in [0.2, 0.25) is 0 Å². The van der Waals surface area contributed by atoms with Gasteiger partial charge in [0.15, 0.2) is 0 Å². The van der Waals surface area contributed by atoms with E-state index >= 15 is 0 Å². The first kappa shape index (κ1) is 13.1. The fraction of sp³-hybridized carbons (Fsp3) is 0.533. The molecule has 1 saturated carbocycles. The highest BCUT2D eigenvalue weighted by molar-refractivity contribution is 5.96. The molecule has 1 aromatic carbocycles. The zero-order valence-corrected chi connectivity index (χ0v) is 11.3. The van der Waals surface area contributed by atoms with Crippen LogP contribution in [-0.2, 0) is 0 Å². The lowest BCUT2D eigenvalue weighted by Crippen LogP contribution is -2.15. The van der Waals surface area contributed by atoms with Crippen molar-refractivity contribution in [1.29, 1.82) is 0 Å². The normalized spacial score (nSPS) is 25.3. The van der Waals surface area contributed by atoms with Gasteiger partial charge in [-0.3, -0.25) is 14.9 Å². The molecule has 1 saturated heterocycles. The summed E-state index contributed by atoms with van der Waals surface area (Å²) in [5.41, 5.74) is 0.584. The van der Waals surface area contributed by atoms with Gasteiger partial charge in [0.25, 0.3) is 11.6 Å². The zero-order chi connectivity index (χ0) is 14.1. The molecule has 1 aliphatic carbocycles. The Morgan fingerprint density at radius 3 is 2.10 bits per heavy atom. The van der Waals surface area contributed by atoms with Crippen LogP contribution in [0.5, 0.6) is 0 Å². The lowest BCUT2D eigenvalue weighted by atomic mass is 10.0. The van der Waals surface area contributed by atoms with Crippen molar-refractivity contribution in [2.45, 2.75) is 50.6 Å². The zero-order valence-electron chi connectivity index (χ0n) is 11.3. The molecule has 1 amide bonds. The molecule has 0 N–H and O–H groups in total. The Morgan fingerprint density at radius 1 is 1.05 bits per heavy atom. The summed E-state index contributed by atoms with van der Waals surface area (Å²) in [4.78, 5) is 24.6. The molecular formula is C15H18N2O3. The fourth-order valence-electron chi connectivity index (χ4n) is 3.23. The predicted molar refractivity (Wildman–Crippen MR) is 74.5 cm³/mol. The van der Waals surface area contributed by atoms with Crippen molar-refractivity contribution in [1.82, 2.24) is 4.90 Å². The molecule has 2 unspecified atom stereocenters. The Balaban J connectivity index is 1.71. The van der Waals surface area contributed by atoms with E-state index in [1.807, 2.05) is 4.90 Å². The third-order valence-corrected chi connectivity index (χ3v) is 4.38. The van der Waals surface area contributed by atoms with E-state index in [-0.39, 0.29) is 11.6 Å². The Hall–Kier alpha value is -1.91. The summed E-state index contributed by atoms with van der Waals surface area (Å²) in [6.45, 7) is 0. The first-order valence-corrected chi connectivity index (χ1v) is 7.25. The molecule has 0 aromatic heterocycles. The van der Waals surface area contributed by atoms with Gasteiger partial charge >= 0.3 is 0 Å². The number of nitrogens with zero attached hydrogens (tertiary/aromatic N) is 2. The van der Waals surface area contributed by atoms with E-state index in [4.69, 9.17) is 0 Å². The number of amides is 1. The molecule has 0 bridgehead atoms. The highest BCUT2D eigenvalue weighted by Gasteiger charge is 2.49. The molecule has 2 aliphatic rings. The second-order valence-electron chi connectivity index (χ2n) is 5.64. The number of non-ortho nitro benzene ring substituents is 1. The van der Waals surface area contributed by atoms with Crippen LogP contribution in [0, 0.1) is 10.1 Å². The first-order chi connectivity index (χ1) is 9.68. The van der Waals surface area contributed by atoms with E-state index in [1.165, 1.54) is 37.8 Å². The summed E-state index contributed by atoms with van der Waals surface area (Å²) >= 11 is 0. The summed E-state index contributed by atoms with van der Waals surface area (Å²) in [7, 11) is 0. The molecule has 106 valence electrons. The van der Waals surface area contributed by atoms with Crippen molar-refractivity contribution in [2.24, 2.45) is 0 Å². The standard InChI is InChI=1S/C15H18N2O3/c18-15(11-7-9-12(10-8-11)17(19)20)16-13-5-3-1-2-4-6-14(13)16/h7-10,13-14H,1-6H2. The monoisotopic (exact) mass is 274 g/mol. The molecule has 2 atom stereocenters. The van der Waals surface area contributed by atoms with E-state index in [0.717, 1.165) is 12.8 Å². The average molecular weight is 274 g/mol. The van der Waals surface area contributed by atoms with E-state index in [9.17, 15) is 14.9 Å². The number of fused-ring (bicyclic) bond motifs is 1. The number of hydrogen-bond acceptors (Lipinski definition) is 3. The van der Waals surface area contributed by atoms with Crippen molar-refractivity contribution in [3.63, 3.8) is 0 Å². The molecule has 5 nitrogen and oxygen atoms in total. The Bertz CT molecular complexity index is 512. The minimum absolute atomic E-state index is 0.0248. The van der Waals surface area contributed by atoms with Gasteiger partial charge in [-0.05, 0) is 25.0 Å². The van der Waals surface area contributed by atoms with Gasteiger partial charge in [0.2, 0.25) is 0 Å². The second-order valence-corrected chi connectivity index (χ2v) is 5.64. The fourth-order valence-corrected chi connectivity index (χ4v) is 3.23. The molecule has 1 heterocycles. The van der Waals surface area contributed by atoms with Gasteiger partial charge in [-0.15, -0.1) is 0 Å². The lowest BCUT2D eigenvalue weighted by molar-refractivity contribution is -0.384. The predicted octanol–water partition coefficient (Wildman–Crippen LogP) is 3.14. The van der Waals surface area contributed by atoms with Crippen LogP contribution < -0.4 is 0 Å². The number of nitro groups is 1. The number of rotatable bonds is 2. The van der Waals surface area contributed by atoms with Gasteiger partial charge in [-0.1, -0.05) is 25.7 Å². The van der Waals surface area contributed by atoms with E-state index in [1.54, 1.807) is 12.1 Å². The van der Waals surface area contributed by atoms with Crippen LogP contribution >= 0.6 is 0 Å². The summed E-state index contributed by atoms with van der Waals surface area (Å²) in [5, 5.41) is 10.6. The summed E-state index contributed by atoms with van der Waals surface area (Å²) in [5.74, 6) is 0.0248. The van der Waals surface area contributed by atoms with E-state index in [0.29, 0.717) is 17.6 Å². The van der Waals surface area contributed by atoms with Gasteiger partial charge in [0.05, 0.1) is 17.0 Å². The highest BCUT2D eigenvalue weighted by Crippen LogP contribution is 2.39. The molecule has 3 rings (SSSR count). The van der Waals surface area contributed by atoms with Gasteiger partial charge < -0.3 is 4.90 Å². The number of hydrogen-bond donors (Lipinski definition) is 0. The SMILES string of the molecule is O=C(c1ccc([N+](=O)[O-])cc1)N1C2CCCCCCC21. The van der Waals surface area contributed by atoms with E-state index < -0.39 is 4.92 Å². The van der Waals surface area contributed by atoms with Crippen LogP contribution in [0.4, 0.5) is 5.69 Å². The second kappa shape index (κ2) is 5.23. The molecule has 1 aliphatic heterocycles. The van der Waals surface area contributed by atoms with Crippen molar-refractivity contribution in [2.75, 3.05) is 0 Å². The number of carbonyl (C=O) groups is 1. The van der Waals surface area contributed by atoms with Crippen molar-refractivity contribution in [3.05, 3.63) is 39.9 Å². The Morgan fingerprint density at radius 2 is 1.60 bits per heavy atom. The smallest absolute Gasteiger partial charge is 0.269 e. The van der Waals surface area contributed by atoms with E-state index in [2.05, 4.69) is 0 Å². The Labute approximate surface area is 117 Å². The van der Waals surface area contributed by atoms with Gasteiger partial charge in [0, 0.05) is 17.7 Å². The molecule has 1 aromatic rings. The minimum atomic E-state index is -0.445. The van der Waals surface area contributed by atoms with Gasteiger partial charge in [-0.2, -0.15) is 0 Å². The summed E-state index contributed by atoms with van der Waals surface area (Å²) < 4.78 is 0. The third kappa shape index (κ3) is 2.40. The molecule has 0 radical (unpaired) electrons. The molecule has 0 spiro atoms. The number of benzene rings is 1. The van der Waals surface area contributed by atoms with Gasteiger partial charge in [0.1, 0.15) is 0 Å². The average Bonchev–Trinajstić information content (AvgIpc) is 3.09. The number of nitro benzene ring substituents is 1. The van der Waals surface area contributed by atoms with Crippen molar-refractivity contribution >= 4 is 11.6 Å². The van der Waals surface area contributed by atoms with Crippen LogP contribution in [0.1, 0.15) is 48.9 Å². The van der Waals surface area contributed by atoms with Crippen molar-refractivity contribution < 1.29 is 9.72 Å². The first-order valence-electron chi connectivity index (χ1n) is 7.25. The maximum absolute atomic E-state index is 12.4. The minimum Gasteiger partial charge on any atom is -0.329 e. The molecular weight excluding hydrogens is 256 g/mol.